The summed E-state index contributed by atoms with van der Waals surface area (Å²) >= 11 is 0. The highest BCUT2D eigenvalue weighted by Crippen LogP contribution is 2.45. The summed E-state index contributed by atoms with van der Waals surface area (Å²) in [6.45, 7) is 8.53. The molecule has 5 aliphatic rings. The fraction of sp³-hybridized carbons (Fsp3) is 0.396. The van der Waals surface area contributed by atoms with E-state index < -0.39 is 11.9 Å². The van der Waals surface area contributed by atoms with Gasteiger partial charge in [0.25, 0.3) is 11.5 Å². The zero-order valence-electron chi connectivity index (χ0n) is 34.5. The van der Waals surface area contributed by atoms with Gasteiger partial charge in [0.1, 0.15) is 6.04 Å². The van der Waals surface area contributed by atoms with E-state index in [1.54, 1.807) is 9.47 Å². The maximum absolute atomic E-state index is 13.7. The minimum absolute atomic E-state index is 0.0252. The number of likely N-dealkylation sites (N-methyl/N-ethyl adjacent to an activating group) is 1. The molecule has 0 bridgehead atoms. The largest absolute Gasteiger partial charge is 0.371 e. The Kier molecular flexibility index (Phi) is 9.39. The van der Waals surface area contributed by atoms with Crippen molar-refractivity contribution < 1.29 is 14.4 Å². The van der Waals surface area contributed by atoms with Crippen LogP contribution in [0.15, 0.2) is 71.5 Å². The quantitative estimate of drug-likeness (QED) is 0.197. The number of carbonyl (C=O) groups is 3. The first-order chi connectivity index (χ1) is 29.1. The van der Waals surface area contributed by atoms with Crippen molar-refractivity contribution in [1.82, 2.24) is 14.8 Å². The molecule has 306 valence electrons. The van der Waals surface area contributed by atoms with Gasteiger partial charge in [-0.25, -0.2) is 0 Å². The number of piperidine rings is 3. The van der Waals surface area contributed by atoms with Gasteiger partial charge in [0, 0.05) is 86.2 Å². The summed E-state index contributed by atoms with van der Waals surface area (Å²) in [4.78, 5) is 62.9. The molecule has 4 aromatic carbocycles. The molecule has 1 N–H and O–H groups in total. The second-order valence-corrected chi connectivity index (χ2v) is 17.5. The Bertz CT molecular complexity index is 2720. The zero-order valence-corrected chi connectivity index (χ0v) is 34.5. The number of anilines is 5. The molecule has 5 aromatic rings. The van der Waals surface area contributed by atoms with E-state index in [4.69, 9.17) is 0 Å². The van der Waals surface area contributed by atoms with Crippen molar-refractivity contribution in [3.63, 3.8) is 0 Å². The number of nitrogens with one attached hydrogen (secondary N) is 1. The second-order valence-electron chi connectivity index (χ2n) is 17.5. The van der Waals surface area contributed by atoms with E-state index in [1.165, 1.54) is 5.56 Å². The van der Waals surface area contributed by atoms with Crippen LogP contribution in [-0.2, 0) is 16.6 Å². The SMILES string of the molecule is Cc1cc2c(N3CCN(C)c4ccc(C#N)cc43)cc(C3CCN(CC4CCN(c5ccc6c7c(cccc57)C(=O)N6C5CCC(=O)NC5=O)CC4)CC3)cc2n(C)c1=O. The fourth-order valence-corrected chi connectivity index (χ4v) is 10.7. The van der Waals surface area contributed by atoms with Crippen LogP contribution in [0.25, 0.3) is 21.7 Å². The van der Waals surface area contributed by atoms with Crippen LogP contribution in [0, 0.1) is 24.2 Å². The predicted octanol–water partition coefficient (Wildman–Crippen LogP) is 6.32. The zero-order chi connectivity index (χ0) is 41.4. The molecule has 0 saturated carbocycles. The lowest BCUT2D eigenvalue weighted by Gasteiger charge is -2.39. The van der Waals surface area contributed by atoms with Crippen molar-refractivity contribution >= 4 is 67.8 Å². The maximum Gasteiger partial charge on any atom is 0.259 e. The molecule has 0 spiro atoms. The molecule has 1 unspecified atom stereocenters. The van der Waals surface area contributed by atoms with E-state index in [-0.39, 0.29) is 23.8 Å². The van der Waals surface area contributed by atoms with Gasteiger partial charge in [0.2, 0.25) is 11.8 Å². The molecule has 3 saturated heterocycles. The normalized spacial score (nSPS) is 20.3. The van der Waals surface area contributed by atoms with Gasteiger partial charge in [-0.05, 0) is 124 Å². The fourth-order valence-electron chi connectivity index (χ4n) is 10.7. The molecule has 12 nitrogen and oxygen atoms in total. The predicted molar refractivity (Wildman–Crippen MR) is 236 cm³/mol. The molecule has 0 radical (unpaired) electrons. The van der Waals surface area contributed by atoms with Crippen LogP contribution in [0.1, 0.15) is 71.5 Å². The van der Waals surface area contributed by atoms with E-state index in [0.29, 0.717) is 29.4 Å². The lowest BCUT2D eigenvalue weighted by molar-refractivity contribution is -0.134. The van der Waals surface area contributed by atoms with Crippen LogP contribution >= 0.6 is 0 Å². The molecule has 6 heterocycles. The molecular weight excluding hydrogens is 753 g/mol. The number of nitriles is 1. The smallest absolute Gasteiger partial charge is 0.259 e. The third-order valence-electron chi connectivity index (χ3n) is 14.0. The van der Waals surface area contributed by atoms with Gasteiger partial charge >= 0.3 is 0 Å². The van der Waals surface area contributed by atoms with Gasteiger partial charge in [0.15, 0.2) is 0 Å². The number of rotatable bonds is 6. The van der Waals surface area contributed by atoms with E-state index in [0.717, 1.165) is 127 Å². The first-order valence-corrected chi connectivity index (χ1v) is 21.5. The van der Waals surface area contributed by atoms with E-state index >= 15 is 0 Å². The van der Waals surface area contributed by atoms with Crippen LogP contribution < -0.4 is 30.5 Å². The van der Waals surface area contributed by atoms with Gasteiger partial charge in [-0.3, -0.25) is 29.4 Å². The van der Waals surface area contributed by atoms with Gasteiger partial charge in [-0.1, -0.05) is 12.1 Å². The molecule has 60 heavy (non-hydrogen) atoms. The van der Waals surface area contributed by atoms with Gasteiger partial charge in [-0.15, -0.1) is 0 Å². The van der Waals surface area contributed by atoms with Crippen molar-refractivity contribution in [3.05, 3.63) is 99.3 Å². The summed E-state index contributed by atoms with van der Waals surface area (Å²) in [6, 6.07) is 24.2. The number of nitrogens with zero attached hydrogens (tertiary/aromatic N) is 7. The molecule has 3 fully saturated rings. The number of aryl methyl sites for hydroxylation is 2. The van der Waals surface area contributed by atoms with Crippen LogP contribution in [-0.4, -0.2) is 86.1 Å². The first-order valence-electron chi connectivity index (χ1n) is 21.5. The number of hydrogen-bond donors (Lipinski definition) is 1. The number of carbonyl (C=O) groups excluding carboxylic acids is 3. The number of benzene rings is 4. The highest BCUT2D eigenvalue weighted by molar-refractivity contribution is 6.28. The summed E-state index contributed by atoms with van der Waals surface area (Å²) in [7, 11) is 3.98. The Morgan fingerprint density at radius 2 is 1.52 bits per heavy atom. The van der Waals surface area contributed by atoms with Crippen molar-refractivity contribution in [1.29, 1.82) is 5.26 Å². The topological polar surface area (TPSA) is 125 Å². The Morgan fingerprint density at radius 1 is 0.750 bits per heavy atom. The molecule has 1 aromatic heterocycles. The monoisotopic (exact) mass is 802 g/mol. The third kappa shape index (κ3) is 6.29. The average Bonchev–Trinajstić information content (AvgIpc) is 3.55. The highest BCUT2D eigenvalue weighted by atomic mass is 16.2. The van der Waals surface area contributed by atoms with Crippen LogP contribution in [0.3, 0.4) is 0 Å². The standard InChI is InChI=1S/C48H50N8O4/c1-29-23-36-41(52(3)47(29)59)25-33(26-42(36)55-22-21-51(2)38-8-7-31(27-49)24-43(38)55)32-15-17-53(18-16-32)28-30-13-19-54(20-14-30)37-9-10-39-45-34(37)5-4-6-35(45)48(60)56(39)40-11-12-44(57)50-46(40)58/h4-10,23-26,30,32,40H,11-22,28H2,1-3H3,(H,50,57,58). The van der Waals surface area contributed by atoms with Crippen molar-refractivity contribution in [3.8, 4) is 6.07 Å². The van der Waals surface area contributed by atoms with E-state index in [2.05, 4.69) is 62.3 Å². The molecule has 1 atom stereocenters. The first kappa shape index (κ1) is 38.0. The third-order valence-corrected chi connectivity index (χ3v) is 14.0. The second kappa shape index (κ2) is 14.8. The van der Waals surface area contributed by atoms with Crippen molar-refractivity contribution in [2.24, 2.45) is 13.0 Å². The van der Waals surface area contributed by atoms with Crippen molar-refractivity contribution in [2.75, 3.05) is 72.5 Å². The Morgan fingerprint density at radius 3 is 2.28 bits per heavy atom. The number of imide groups is 1. The number of fused-ring (bicyclic) bond motifs is 2. The van der Waals surface area contributed by atoms with E-state index in [9.17, 15) is 24.4 Å². The lowest BCUT2D eigenvalue weighted by atomic mass is 9.87. The Hall–Kier alpha value is -6.19. The van der Waals surface area contributed by atoms with Gasteiger partial charge < -0.3 is 24.2 Å². The molecular formula is C48H50N8O4. The summed E-state index contributed by atoms with van der Waals surface area (Å²) in [6.07, 6.45) is 4.83. The van der Waals surface area contributed by atoms with Crippen molar-refractivity contribution in [2.45, 2.75) is 57.4 Å². The molecule has 0 aliphatic carbocycles. The Labute approximate surface area is 349 Å². The number of pyridine rings is 1. The highest BCUT2D eigenvalue weighted by Gasteiger charge is 2.41. The minimum atomic E-state index is -0.693. The molecule has 10 rings (SSSR count). The van der Waals surface area contributed by atoms with E-state index in [1.807, 2.05) is 56.4 Å². The van der Waals surface area contributed by atoms with Crippen LogP contribution in [0.5, 0.6) is 0 Å². The lowest BCUT2D eigenvalue weighted by Crippen LogP contribution is -2.53. The number of likely N-dealkylation sites (tertiary alicyclic amines) is 1. The molecule has 12 heteroatoms. The van der Waals surface area contributed by atoms with Crippen LogP contribution in [0.2, 0.25) is 0 Å². The maximum atomic E-state index is 13.7. The number of hydrogen-bond acceptors (Lipinski definition) is 9. The number of amides is 3. The summed E-state index contributed by atoms with van der Waals surface area (Å²) in [5.74, 6) is 0.0926. The molecule has 5 aliphatic heterocycles. The summed E-state index contributed by atoms with van der Waals surface area (Å²) in [5.41, 5.74) is 9.30. The number of aromatic nitrogens is 1. The summed E-state index contributed by atoms with van der Waals surface area (Å²) < 4.78 is 1.81. The minimum Gasteiger partial charge on any atom is -0.371 e. The van der Waals surface area contributed by atoms with Gasteiger partial charge in [0.05, 0.1) is 39.9 Å². The summed E-state index contributed by atoms with van der Waals surface area (Å²) in [5, 5.41) is 15.2. The Balaban J connectivity index is 0.833. The molecule has 3 amide bonds. The van der Waals surface area contributed by atoms with Gasteiger partial charge in [-0.2, -0.15) is 5.26 Å². The average molecular weight is 803 g/mol. The van der Waals surface area contributed by atoms with Crippen LogP contribution in [0.4, 0.5) is 28.4 Å².